The zero-order chi connectivity index (χ0) is 15.0. The van der Waals surface area contributed by atoms with Gasteiger partial charge in [0.05, 0.1) is 6.26 Å². The molecule has 0 saturated carbocycles. The highest BCUT2D eigenvalue weighted by molar-refractivity contribution is 6.35. The summed E-state index contributed by atoms with van der Waals surface area (Å²) in [6, 6.07) is 3.33. The van der Waals surface area contributed by atoms with Gasteiger partial charge in [-0.2, -0.15) is 0 Å². The molecule has 3 N–H and O–H groups in total. The van der Waals surface area contributed by atoms with E-state index in [2.05, 4.69) is 10.6 Å². The summed E-state index contributed by atoms with van der Waals surface area (Å²) >= 11 is 0. The topological polar surface area (TPSA) is 94.8 Å². The molecule has 112 valence electrons. The van der Waals surface area contributed by atoms with Crippen molar-refractivity contribution in [3.05, 3.63) is 24.2 Å². The lowest BCUT2D eigenvalue weighted by molar-refractivity contribution is -0.139. The molecule has 0 radical (unpaired) electrons. The number of aliphatic hydroxyl groups is 1. The van der Waals surface area contributed by atoms with Crippen molar-refractivity contribution in [2.45, 2.75) is 12.5 Å². The first kappa shape index (κ1) is 16.2. The van der Waals surface area contributed by atoms with Crippen LogP contribution >= 0.6 is 0 Å². The molecule has 0 unspecified atom stereocenters. The molecule has 0 aliphatic carbocycles. The summed E-state index contributed by atoms with van der Waals surface area (Å²) in [5.41, 5.74) is 0. The summed E-state index contributed by atoms with van der Waals surface area (Å²) in [6.07, 6.45) is 0.960. The van der Waals surface area contributed by atoms with Crippen LogP contribution in [0.15, 0.2) is 22.8 Å². The van der Waals surface area contributed by atoms with E-state index in [1.54, 1.807) is 12.1 Å². The van der Waals surface area contributed by atoms with Gasteiger partial charge in [0.2, 0.25) is 0 Å². The van der Waals surface area contributed by atoms with Gasteiger partial charge in [-0.25, -0.2) is 0 Å². The Kier molecular flexibility index (Phi) is 6.75. The molecule has 1 heterocycles. The Morgan fingerprint density at radius 1 is 1.30 bits per heavy atom. The molecule has 0 spiro atoms. The fourth-order valence-corrected chi connectivity index (χ4v) is 1.50. The van der Waals surface area contributed by atoms with E-state index in [0.29, 0.717) is 18.8 Å². The smallest absolute Gasteiger partial charge is 0.309 e. The predicted octanol–water partition coefficient (Wildman–Crippen LogP) is -0.503. The number of furan rings is 1. The fourth-order valence-electron chi connectivity index (χ4n) is 1.50. The molecular weight excluding hydrogens is 262 g/mol. The van der Waals surface area contributed by atoms with E-state index in [1.165, 1.54) is 6.26 Å². The molecule has 1 atom stereocenters. The molecule has 0 aliphatic heterocycles. The maximum atomic E-state index is 11.4. The lowest BCUT2D eigenvalue weighted by Crippen LogP contribution is -2.42. The number of aliphatic hydroxyl groups excluding tert-OH is 1. The van der Waals surface area contributed by atoms with Crippen LogP contribution in [0.25, 0.3) is 0 Å². The highest BCUT2D eigenvalue weighted by Gasteiger charge is 2.14. The molecule has 0 fully saturated rings. The monoisotopic (exact) mass is 283 g/mol. The molecule has 0 aromatic carbocycles. The van der Waals surface area contributed by atoms with Crippen LogP contribution in [0.4, 0.5) is 0 Å². The highest BCUT2D eigenvalue weighted by Crippen LogP contribution is 2.15. The number of nitrogens with zero attached hydrogens (tertiary/aromatic N) is 1. The van der Waals surface area contributed by atoms with Crippen LogP contribution in [-0.4, -0.2) is 55.6 Å². The SMILES string of the molecule is CN(C)CCNC(=O)C(=O)NCC[C@@H](O)c1ccco1. The zero-order valence-electron chi connectivity index (χ0n) is 11.8. The Balaban J connectivity index is 2.17. The maximum absolute atomic E-state index is 11.4. The van der Waals surface area contributed by atoms with Gasteiger partial charge >= 0.3 is 11.8 Å². The van der Waals surface area contributed by atoms with E-state index in [0.717, 1.165) is 0 Å². The second kappa shape index (κ2) is 8.34. The van der Waals surface area contributed by atoms with Crippen molar-refractivity contribution in [3.8, 4) is 0 Å². The second-order valence-electron chi connectivity index (χ2n) is 4.63. The minimum absolute atomic E-state index is 0.196. The molecule has 1 rings (SSSR count). The molecular formula is C13H21N3O4. The number of amides is 2. The van der Waals surface area contributed by atoms with Gasteiger partial charge in [-0.15, -0.1) is 0 Å². The minimum Gasteiger partial charge on any atom is -0.467 e. The third-order valence-corrected chi connectivity index (χ3v) is 2.63. The number of rotatable bonds is 7. The van der Waals surface area contributed by atoms with Crippen molar-refractivity contribution >= 4 is 11.8 Å². The molecule has 0 saturated heterocycles. The van der Waals surface area contributed by atoms with Gasteiger partial charge in [0, 0.05) is 19.6 Å². The standard InChI is InChI=1S/C13H21N3O4/c1-16(2)8-7-15-13(19)12(18)14-6-5-10(17)11-4-3-9-20-11/h3-4,9-10,17H,5-8H2,1-2H3,(H,14,18)(H,15,19)/t10-/m1/s1. The maximum Gasteiger partial charge on any atom is 0.309 e. The molecule has 0 aliphatic rings. The largest absolute Gasteiger partial charge is 0.467 e. The molecule has 7 nitrogen and oxygen atoms in total. The first-order chi connectivity index (χ1) is 9.50. The fraction of sp³-hybridized carbons (Fsp3) is 0.538. The molecule has 1 aromatic rings. The van der Waals surface area contributed by atoms with Gasteiger partial charge in [0.25, 0.3) is 0 Å². The van der Waals surface area contributed by atoms with Crippen LogP contribution in [0.5, 0.6) is 0 Å². The number of carbonyl (C=O) groups is 2. The number of likely N-dealkylation sites (N-methyl/N-ethyl adjacent to an activating group) is 1. The molecule has 1 aromatic heterocycles. The van der Waals surface area contributed by atoms with Gasteiger partial charge in [-0.1, -0.05) is 0 Å². The average Bonchev–Trinajstić information content (AvgIpc) is 2.91. The summed E-state index contributed by atoms with van der Waals surface area (Å²) < 4.78 is 5.03. The summed E-state index contributed by atoms with van der Waals surface area (Å²) in [5, 5.41) is 14.7. The van der Waals surface area contributed by atoms with Crippen LogP contribution in [0.2, 0.25) is 0 Å². The quantitative estimate of drug-likeness (QED) is 0.586. The van der Waals surface area contributed by atoms with Crippen LogP contribution in [0, 0.1) is 0 Å². The Morgan fingerprint density at radius 3 is 2.50 bits per heavy atom. The van der Waals surface area contributed by atoms with E-state index in [9.17, 15) is 14.7 Å². The minimum atomic E-state index is -0.790. The summed E-state index contributed by atoms with van der Waals surface area (Å²) in [4.78, 5) is 24.8. The third-order valence-electron chi connectivity index (χ3n) is 2.63. The number of hydrogen-bond donors (Lipinski definition) is 3. The first-order valence-electron chi connectivity index (χ1n) is 6.43. The van der Waals surface area contributed by atoms with Gasteiger partial charge in [-0.3, -0.25) is 9.59 Å². The number of carbonyl (C=O) groups excluding carboxylic acids is 2. The van der Waals surface area contributed by atoms with Crippen molar-refractivity contribution in [2.24, 2.45) is 0 Å². The normalized spacial score (nSPS) is 12.2. The van der Waals surface area contributed by atoms with Crippen LogP contribution in [0.1, 0.15) is 18.3 Å². The Hall–Kier alpha value is -1.86. The van der Waals surface area contributed by atoms with Crippen molar-refractivity contribution in [3.63, 3.8) is 0 Å². The summed E-state index contributed by atoms with van der Waals surface area (Å²) in [5.74, 6) is -0.926. The van der Waals surface area contributed by atoms with E-state index in [1.807, 2.05) is 19.0 Å². The van der Waals surface area contributed by atoms with Gasteiger partial charge in [0.15, 0.2) is 0 Å². The Labute approximate surface area is 117 Å². The van der Waals surface area contributed by atoms with Crippen molar-refractivity contribution < 1.29 is 19.1 Å². The summed E-state index contributed by atoms with van der Waals surface area (Å²) in [6.45, 7) is 1.27. The second-order valence-corrected chi connectivity index (χ2v) is 4.63. The predicted molar refractivity (Wildman–Crippen MR) is 72.9 cm³/mol. The number of hydrogen-bond acceptors (Lipinski definition) is 5. The van der Waals surface area contributed by atoms with Gasteiger partial charge in [0.1, 0.15) is 11.9 Å². The van der Waals surface area contributed by atoms with Crippen LogP contribution in [0.3, 0.4) is 0 Å². The van der Waals surface area contributed by atoms with Gasteiger partial charge < -0.3 is 25.1 Å². The Bertz CT molecular complexity index is 417. The third kappa shape index (κ3) is 5.85. The molecule has 7 heteroatoms. The summed E-state index contributed by atoms with van der Waals surface area (Å²) in [7, 11) is 3.75. The van der Waals surface area contributed by atoms with Crippen LogP contribution in [-0.2, 0) is 9.59 Å². The Morgan fingerprint density at radius 2 is 1.95 bits per heavy atom. The number of nitrogens with one attached hydrogen (secondary N) is 2. The van der Waals surface area contributed by atoms with E-state index in [-0.39, 0.29) is 13.0 Å². The lowest BCUT2D eigenvalue weighted by Gasteiger charge is -2.11. The average molecular weight is 283 g/mol. The molecule has 20 heavy (non-hydrogen) atoms. The van der Waals surface area contributed by atoms with Crippen molar-refractivity contribution in [1.29, 1.82) is 0 Å². The van der Waals surface area contributed by atoms with Gasteiger partial charge in [-0.05, 0) is 32.6 Å². The molecule has 0 bridgehead atoms. The highest BCUT2D eigenvalue weighted by atomic mass is 16.4. The first-order valence-corrected chi connectivity index (χ1v) is 6.43. The molecule has 2 amide bonds. The van der Waals surface area contributed by atoms with E-state index >= 15 is 0 Å². The lowest BCUT2D eigenvalue weighted by atomic mass is 10.2. The van der Waals surface area contributed by atoms with Crippen LogP contribution < -0.4 is 10.6 Å². The van der Waals surface area contributed by atoms with Crippen molar-refractivity contribution in [1.82, 2.24) is 15.5 Å². The van der Waals surface area contributed by atoms with E-state index < -0.39 is 17.9 Å². The van der Waals surface area contributed by atoms with E-state index in [4.69, 9.17) is 4.42 Å². The van der Waals surface area contributed by atoms with Crippen molar-refractivity contribution in [2.75, 3.05) is 33.7 Å². The zero-order valence-corrected chi connectivity index (χ0v) is 11.8.